The van der Waals surface area contributed by atoms with Crippen molar-refractivity contribution in [3.05, 3.63) is 67.5 Å². The molecule has 1 aromatic carbocycles. The van der Waals surface area contributed by atoms with E-state index in [1.807, 2.05) is 43.2 Å². The molecule has 1 fully saturated rings. The maximum atomic E-state index is 12.0. The van der Waals surface area contributed by atoms with E-state index < -0.39 is 0 Å². The molecule has 1 aliphatic rings. The van der Waals surface area contributed by atoms with E-state index in [0.29, 0.717) is 12.3 Å². The molecule has 5 radical (unpaired) electrons. The van der Waals surface area contributed by atoms with Gasteiger partial charge in [-0.05, 0) is 37.5 Å². The summed E-state index contributed by atoms with van der Waals surface area (Å²) < 4.78 is 0. The summed E-state index contributed by atoms with van der Waals surface area (Å²) in [5.41, 5.74) is 0.806. The van der Waals surface area contributed by atoms with Crippen LogP contribution in [0, 0.1) is 37.5 Å². The number of hydrogen-bond acceptors (Lipinski definition) is 1. The van der Waals surface area contributed by atoms with Crippen molar-refractivity contribution < 1.29 is 4.79 Å². The van der Waals surface area contributed by atoms with Crippen LogP contribution in [0.3, 0.4) is 0 Å². The van der Waals surface area contributed by atoms with E-state index in [4.69, 9.17) is 0 Å². The lowest BCUT2D eigenvalue weighted by atomic mass is 9.87. The van der Waals surface area contributed by atoms with Gasteiger partial charge >= 0.3 is 0 Å². The molecule has 0 bridgehead atoms. The normalized spacial score (nSPS) is 18.6. The monoisotopic (exact) mass is 211 g/mol. The molecule has 0 aromatic heterocycles. The van der Waals surface area contributed by atoms with Crippen LogP contribution in [0.5, 0.6) is 0 Å². The summed E-state index contributed by atoms with van der Waals surface area (Å²) in [6.45, 7) is 2.09. The second-order valence-electron chi connectivity index (χ2n) is 4.11. The largest absolute Gasteiger partial charge is 0.294 e. The Morgan fingerprint density at radius 2 is 1.75 bits per heavy atom. The van der Waals surface area contributed by atoms with E-state index in [0.717, 1.165) is 5.56 Å². The van der Waals surface area contributed by atoms with E-state index in [1.165, 1.54) is 5.92 Å². The molecule has 1 atom stereocenters. The topological polar surface area (TPSA) is 17.1 Å². The zero-order valence-corrected chi connectivity index (χ0v) is 9.39. The highest BCUT2D eigenvalue weighted by Crippen LogP contribution is 2.32. The Kier molecular flexibility index (Phi) is 3.76. The summed E-state index contributed by atoms with van der Waals surface area (Å²) in [6.07, 6.45) is 8.75. The molecule has 0 amide bonds. The summed E-state index contributed by atoms with van der Waals surface area (Å²) >= 11 is 0. The van der Waals surface area contributed by atoms with Gasteiger partial charge in [-0.15, -0.1) is 0 Å². The molecule has 2 rings (SSSR count). The Balaban J connectivity index is 1.92. The molecule has 16 heavy (non-hydrogen) atoms. The van der Waals surface area contributed by atoms with E-state index in [-0.39, 0.29) is 5.78 Å². The zero-order valence-electron chi connectivity index (χ0n) is 9.39. The molecule has 1 aromatic rings. The predicted molar refractivity (Wildman–Crippen MR) is 65.0 cm³/mol. The van der Waals surface area contributed by atoms with Gasteiger partial charge in [-0.25, -0.2) is 0 Å². The second-order valence-corrected chi connectivity index (χ2v) is 4.11. The molecular weight excluding hydrogens is 196 g/mol. The predicted octanol–water partition coefficient (Wildman–Crippen LogP) is 3.30. The Morgan fingerprint density at radius 3 is 2.38 bits per heavy atom. The lowest BCUT2D eigenvalue weighted by Gasteiger charge is -2.16. The third-order valence-corrected chi connectivity index (χ3v) is 2.84. The van der Waals surface area contributed by atoms with Gasteiger partial charge < -0.3 is 0 Å². The summed E-state index contributed by atoms with van der Waals surface area (Å²) in [4.78, 5) is 12.0. The van der Waals surface area contributed by atoms with Crippen molar-refractivity contribution in [2.45, 2.75) is 13.3 Å². The average molecular weight is 211 g/mol. The molecule has 0 unspecified atom stereocenters. The molecule has 81 valence electrons. The number of rotatable bonds is 4. The van der Waals surface area contributed by atoms with Gasteiger partial charge in [0.15, 0.2) is 5.78 Å². The first-order valence-electron chi connectivity index (χ1n) is 5.57. The van der Waals surface area contributed by atoms with Crippen molar-refractivity contribution >= 4 is 5.78 Å². The molecule has 0 N–H and O–H groups in total. The zero-order chi connectivity index (χ0) is 11.4. The first-order chi connectivity index (χ1) is 7.77. The van der Waals surface area contributed by atoms with Gasteiger partial charge in [0, 0.05) is 12.0 Å². The minimum absolute atomic E-state index is 0.217. The van der Waals surface area contributed by atoms with Gasteiger partial charge in [-0.2, -0.15) is 0 Å². The highest BCUT2D eigenvalue weighted by molar-refractivity contribution is 5.96. The van der Waals surface area contributed by atoms with Crippen LogP contribution in [0.15, 0.2) is 30.3 Å². The average Bonchev–Trinajstić information content (AvgIpc) is 2.83. The van der Waals surface area contributed by atoms with Crippen LogP contribution in [0.1, 0.15) is 23.7 Å². The van der Waals surface area contributed by atoms with Crippen molar-refractivity contribution in [3.63, 3.8) is 0 Å². The first kappa shape index (κ1) is 11.4. The number of ketones is 1. The van der Waals surface area contributed by atoms with Crippen LogP contribution in [-0.2, 0) is 0 Å². The van der Waals surface area contributed by atoms with Gasteiger partial charge in [0.05, 0.1) is 0 Å². The van der Waals surface area contributed by atoms with Crippen LogP contribution in [0.25, 0.3) is 0 Å². The van der Waals surface area contributed by atoms with Crippen LogP contribution in [-0.4, -0.2) is 5.78 Å². The van der Waals surface area contributed by atoms with E-state index in [1.54, 1.807) is 0 Å². The third-order valence-electron chi connectivity index (χ3n) is 2.84. The standard InChI is InChI=1S/C15H15O/c1-12(13-7-5-6-8-13)11-15(16)14-9-3-2-4-10-14/h2-10,12H,11H2,1H3/t12-/m1/s1. The van der Waals surface area contributed by atoms with Gasteiger partial charge in [0.1, 0.15) is 0 Å². The summed E-state index contributed by atoms with van der Waals surface area (Å²) in [5.74, 6) is 1.75. The number of carbonyl (C=O) groups excluding carboxylic acids is 1. The maximum Gasteiger partial charge on any atom is 0.163 e. The van der Waals surface area contributed by atoms with Crippen LogP contribution >= 0.6 is 0 Å². The van der Waals surface area contributed by atoms with Crippen molar-refractivity contribution in [3.8, 4) is 0 Å². The van der Waals surface area contributed by atoms with E-state index >= 15 is 0 Å². The van der Waals surface area contributed by atoms with Crippen LogP contribution in [0.4, 0.5) is 0 Å². The van der Waals surface area contributed by atoms with Gasteiger partial charge in [-0.1, -0.05) is 37.3 Å². The van der Waals surface area contributed by atoms with Crippen molar-refractivity contribution in [2.75, 3.05) is 0 Å². The number of benzene rings is 1. The molecule has 0 saturated heterocycles. The van der Waals surface area contributed by atoms with Crippen LogP contribution in [0.2, 0.25) is 0 Å². The summed E-state index contributed by atoms with van der Waals surface area (Å²) in [5, 5.41) is 0. The lowest BCUT2D eigenvalue weighted by molar-refractivity contribution is 0.0968. The number of carbonyl (C=O) groups is 1. The van der Waals surface area contributed by atoms with Gasteiger partial charge in [-0.3, -0.25) is 4.79 Å². The molecular formula is C15H15O. The smallest absolute Gasteiger partial charge is 0.163 e. The third kappa shape index (κ3) is 2.72. The SMILES string of the molecule is C[C@H](CC(=O)c1ccccc1)[C]1[CH][CH][CH][CH]1. The molecule has 0 heterocycles. The van der Waals surface area contributed by atoms with Gasteiger partial charge in [0.2, 0.25) is 0 Å². The van der Waals surface area contributed by atoms with E-state index in [9.17, 15) is 4.79 Å². The number of Topliss-reactive ketones (excluding diaryl/α,β-unsaturated/α-hetero) is 1. The lowest BCUT2D eigenvalue weighted by Crippen LogP contribution is -2.12. The summed E-state index contributed by atoms with van der Waals surface area (Å²) in [7, 11) is 0. The molecule has 0 spiro atoms. The fraction of sp³-hybridized carbons (Fsp3) is 0.200. The fourth-order valence-electron chi connectivity index (χ4n) is 1.86. The van der Waals surface area contributed by atoms with Crippen molar-refractivity contribution in [1.82, 2.24) is 0 Å². The van der Waals surface area contributed by atoms with Crippen molar-refractivity contribution in [1.29, 1.82) is 0 Å². The number of hydrogen-bond donors (Lipinski definition) is 0. The Hall–Kier alpha value is -1.11. The Labute approximate surface area is 97.9 Å². The molecule has 1 heteroatoms. The first-order valence-corrected chi connectivity index (χ1v) is 5.57. The maximum absolute atomic E-state index is 12.0. The minimum atomic E-state index is 0.217. The summed E-state index contributed by atoms with van der Waals surface area (Å²) in [6, 6.07) is 9.48. The highest BCUT2D eigenvalue weighted by Gasteiger charge is 2.24. The Morgan fingerprint density at radius 1 is 1.12 bits per heavy atom. The van der Waals surface area contributed by atoms with E-state index in [2.05, 4.69) is 19.8 Å². The molecule has 1 aliphatic carbocycles. The van der Waals surface area contributed by atoms with Crippen molar-refractivity contribution in [2.24, 2.45) is 5.92 Å². The molecule has 1 saturated carbocycles. The highest BCUT2D eigenvalue weighted by atomic mass is 16.1. The quantitative estimate of drug-likeness (QED) is 0.698. The van der Waals surface area contributed by atoms with Crippen LogP contribution < -0.4 is 0 Å². The fourth-order valence-corrected chi connectivity index (χ4v) is 1.86. The minimum Gasteiger partial charge on any atom is -0.294 e. The molecule has 0 aliphatic heterocycles. The Bertz CT molecular complexity index is 336. The van der Waals surface area contributed by atoms with Gasteiger partial charge in [0.25, 0.3) is 0 Å². The molecule has 1 nitrogen and oxygen atoms in total. The second kappa shape index (κ2) is 5.29.